The molecule has 2 aromatic carbocycles. The van der Waals surface area contributed by atoms with Gasteiger partial charge in [-0.2, -0.15) is 0 Å². The zero-order valence-electron chi connectivity index (χ0n) is 12.4. The molecule has 3 N–H and O–H groups in total. The number of rotatable bonds is 5. The zero-order chi connectivity index (χ0) is 16.1. The lowest BCUT2D eigenvalue weighted by Crippen LogP contribution is -2.15. The number of hydrogen-bond donors (Lipinski definition) is 2. The first-order chi connectivity index (χ1) is 10.5. The van der Waals surface area contributed by atoms with Crippen molar-refractivity contribution in [3.8, 4) is 11.5 Å². The summed E-state index contributed by atoms with van der Waals surface area (Å²) in [6.45, 7) is 0. The Morgan fingerprint density at radius 1 is 1.14 bits per heavy atom. The predicted octanol–water partition coefficient (Wildman–Crippen LogP) is 3.12. The van der Waals surface area contributed by atoms with Crippen molar-refractivity contribution < 1.29 is 14.3 Å². The molecule has 0 bridgehead atoms. The van der Waals surface area contributed by atoms with Gasteiger partial charge in [-0.1, -0.05) is 11.6 Å². The molecule has 0 atom stereocenters. The molecule has 2 aromatic rings. The van der Waals surface area contributed by atoms with Gasteiger partial charge in [-0.05, 0) is 35.9 Å². The number of ether oxygens (including phenoxy) is 2. The number of nitrogens with two attached hydrogens (primary N) is 1. The van der Waals surface area contributed by atoms with Gasteiger partial charge in [0, 0.05) is 22.5 Å². The van der Waals surface area contributed by atoms with Crippen molar-refractivity contribution in [2.45, 2.75) is 6.42 Å². The van der Waals surface area contributed by atoms with Crippen LogP contribution in [0.2, 0.25) is 5.02 Å². The van der Waals surface area contributed by atoms with E-state index < -0.39 is 0 Å². The van der Waals surface area contributed by atoms with Crippen LogP contribution in [0.25, 0.3) is 0 Å². The first kappa shape index (κ1) is 16.0. The monoisotopic (exact) mass is 320 g/mol. The second-order valence-electron chi connectivity index (χ2n) is 4.64. The van der Waals surface area contributed by atoms with Gasteiger partial charge in [-0.3, -0.25) is 4.79 Å². The first-order valence-electron chi connectivity index (χ1n) is 6.59. The summed E-state index contributed by atoms with van der Waals surface area (Å²) in [5, 5.41) is 3.40. The minimum atomic E-state index is -0.179. The van der Waals surface area contributed by atoms with E-state index in [-0.39, 0.29) is 12.3 Å². The number of halogens is 1. The number of hydrogen-bond acceptors (Lipinski definition) is 4. The number of anilines is 2. The molecule has 0 aliphatic heterocycles. The van der Waals surface area contributed by atoms with Crippen LogP contribution in [0.1, 0.15) is 5.56 Å². The standard InChI is InChI=1S/C16H17ClN2O3/c1-21-14-7-10(13(18)9-15(14)22-2)8-16(20)19-12-5-3-11(17)4-6-12/h3-7,9H,8,18H2,1-2H3,(H,19,20). The molecule has 0 aromatic heterocycles. The summed E-state index contributed by atoms with van der Waals surface area (Å²) < 4.78 is 10.4. The van der Waals surface area contributed by atoms with Crippen LogP contribution in [0.5, 0.6) is 11.5 Å². The van der Waals surface area contributed by atoms with Gasteiger partial charge >= 0.3 is 0 Å². The van der Waals surface area contributed by atoms with Crippen molar-refractivity contribution in [3.05, 3.63) is 47.0 Å². The fourth-order valence-electron chi connectivity index (χ4n) is 2.00. The van der Waals surface area contributed by atoms with Gasteiger partial charge in [0.2, 0.25) is 5.91 Å². The number of amides is 1. The van der Waals surface area contributed by atoms with Gasteiger partial charge in [0.1, 0.15) is 0 Å². The number of methoxy groups -OCH3 is 2. The highest BCUT2D eigenvalue weighted by Gasteiger charge is 2.12. The molecule has 0 unspecified atom stereocenters. The number of carbonyl (C=O) groups is 1. The molecule has 0 radical (unpaired) electrons. The average Bonchev–Trinajstić information content (AvgIpc) is 2.51. The summed E-state index contributed by atoms with van der Waals surface area (Å²) in [4.78, 5) is 12.1. The molecule has 0 heterocycles. The van der Waals surface area contributed by atoms with E-state index in [9.17, 15) is 4.79 Å². The molecule has 0 fully saturated rings. The van der Waals surface area contributed by atoms with E-state index in [1.807, 2.05) is 0 Å². The van der Waals surface area contributed by atoms with Gasteiger partial charge in [-0.25, -0.2) is 0 Å². The van der Waals surface area contributed by atoms with E-state index in [0.717, 1.165) is 0 Å². The number of nitrogen functional groups attached to an aromatic ring is 1. The molecule has 6 heteroatoms. The SMILES string of the molecule is COc1cc(N)c(CC(=O)Nc2ccc(Cl)cc2)cc1OC. The zero-order valence-corrected chi connectivity index (χ0v) is 13.1. The molecular formula is C16H17ClN2O3. The van der Waals surface area contributed by atoms with Crippen molar-refractivity contribution >= 4 is 28.9 Å². The third-order valence-corrected chi connectivity index (χ3v) is 3.38. The number of nitrogens with one attached hydrogen (secondary N) is 1. The Morgan fingerprint density at radius 2 is 1.73 bits per heavy atom. The van der Waals surface area contributed by atoms with E-state index in [1.54, 1.807) is 36.4 Å². The highest BCUT2D eigenvalue weighted by Crippen LogP contribution is 2.32. The second-order valence-corrected chi connectivity index (χ2v) is 5.07. The fourth-order valence-corrected chi connectivity index (χ4v) is 2.13. The van der Waals surface area contributed by atoms with E-state index in [1.165, 1.54) is 14.2 Å². The smallest absolute Gasteiger partial charge is 0.228 e. The third kappa shape index (κ3) is 3.83. The third-order valence-electron chi connectivity index (χ3n) is 3.12. The lowest BCUT2D eigenvalue weighted by atomic mass is 10.1. The topological polar surface area (TPSA) is 73.6 Å². The Labute approximate surface area is 134 Å². The van der Waals surface area contributed by atoms with Gasteiger partial charge in [0.05, 0.1) is 20.6 Å². The lowest BCUT2D eigenvalue weighted by molar-refractivity contribution is -0.115. The molecule has 0 aliphatic carbocycles. The van der Waals surface area contributed by atoms with E-state index in [0.29, 0.717) is 33.5 Å². The number of carbonyl (C=O) groups excluding carboxylic acids is 1. The van der Waals surface area contributed by atoms with Crippen molar-refractivity contribution in [2.75, 3.05) is 25.3 Å². The maximum absolute atomic E-state index is 12.1. The normalized spacial score (nSPS) is 10.1. The van der Waals surface area contributed by atoms with Crippen molar-refractivity contribution in [3.63, 3.8) is 0 Å². The van der Waals surface area contributed by atoms with E-state index in [4.69, 9.17) is 26.8 Å². The second kappa shape index (κ2) is 7.04. The van der Waals surface area contributed by atoms with Crippen molar-refractivity contribution in [2.24, 2.45) is 0 Å². The van der Waals surface area contributed by atoms with Crippen LogP contribution in [0.4, 0.5) is 11.4 Å². The molecule has 1 amide bonds. The largest absolute Gasteiger partial charge is 0.493 e. The Hall–Kier alpha value is -2.40. The Bertz CT molecular complexity index is 672. The first-order valence-corrected chi connectivity index (χ1v) is 6.97. The van der Waals surface area contributed by atoms with Crippen LogP contribution in [0.15, 0.2) is 36.4 Å². The minimum Gasteiger partial charge on any atom is -0.493 e. The summed E-state index contributed by atoms with van der Waals surface area (Å²) in [6, 6.07) is 10.2. The van der Waals surface area contributed by atoms with Crippen LogP contribution in [-0.4, -0.2) is 20.1 Å². The Kier molecular flexibility index (Phi) is 5.12. The highest BCUT2D eigenvalue weighted by molar-refractivity contribution is 6.30. The Balaban J connectivity index is 2.12. The maximum atomic E-state index is 12.1. The average molecular weight is 321 g/mol. The van der Waals surface area contributed by atoms with Gasteiger partial charge in [0.25, 0.3) is 0 Å². The molecule has 116 valence electrons. The van der Waals surface area contributed by atoms with Crippen LogP contribution >= 0.6 is 11.6 Å². The van der Waals surface area contributed by atoms with Crippen LogP contribution < -0.4 is 20.5 Å². The summed E-state index contributed by atoms with van der Waals surface area (Å²) >= 11 is 5.81. The van der Waals surface area contributed by atoms with Gasteiger partial charge in [-0.15, -0.1) is 0 Å². The Morgan fingerprint density at radius 3 is 2.32 bits per heavy atom. The fraction of sp³-hybridized carbons (Fsp3) is 0.188. The molecule has 22 heavy (non-hydrogen) atoms. The van der Waals surface area contributed by atoms with E-state index >= 15 is 0 Å². The molecule has 0 aliphatic rings. The van der Waals surface area contributed by atoms with Crippen LogP contribution in [0.3, 0.4) is 0 Å². The predicted molar refractivity (Wildman–Crippen MR) is 87.7 cm³/mol. The van der Waals surface area contributed by atoms with Crippen LogP contribution in [-0.2, 0) is 11.2 Å². The van der Waals surface area contributed by atoms with Crippen molar-refractivity contribution in [1.29, 1.82) is 0 Å². The molecule has 0 saturated carbocycles. The highest BCUT2D eigenvalue weighted by atomic mass is 35.5. The molecule has 0 spiro atoms. The van der Waals surface area contributed by atoms with Crippen LogP contribution in [0, 0.1) is 0 Å². The summed E-state index contributed by atoms with van der Waals surface area (Å²) in [5.41, 5.74) is 7.77. The molecule has 2 rings (SSSR count). The van der Waals surface area contributed by atoms with Crippen molar-refractivity contribution in [1.82, 2.24) is 0 Å². The quantitative estimate of drug-likeness (QED) is 0.830. The molecule has 5 nitrogen and oxygen atoms in total. The summed E-state index contributed by atoms with van der Waals surface area (Å²) in [6.07, 6.45) is 0.134. The summed E-state index contributed by atoms with van der Waals surface area (Å²) in [5.74, 6) is 0.883. The maximum Gasteiger partial charge on any atom is 0.228 e. The summed E-state index contributed by atoms with van der Waals surface area (Å²) in [7, 11) is 3.07. The lowest BCUT2D eigenvalue weighted by Gasteiger charge is -2.12. The van der Waals surface area contributed by atoms with Gasteiger partial charge in [0.15, 0.2) is 11.5 Å². The minimum absolute atomic E-state index is 0.134. The number of benzene rings is 2. The van der Waals surface area contributed by atoms with E-state index in [2.05, 4.69) is 5.32 Å². The van der Waals surface area contributed by atoms with Gasteiger partial charge < -0.3 is 20.5 Å². The molecule has 0 saturated heterocycles. The molecular weight excluding hydrogens is 304 g/mol.